The molecule has 1 saturated heterocycles. The molecule has 1 aromatic rings. The van der Waals surface area contributed by atoms with Crippen LogP contribution in [-0.4, -0.2) is 52.1 Å². The van der Waals surface area contributed by atoms with E-state index in [-0.39, 0.29) is 18.4 Å². The highest BCUT2D eigenvalue weighted by atomic mass is 16.2. The van der Waals surface area contributed by atoms with Crippen molar-refractivity contribution in [1.29, 1.82) is 0 Å². The molecule has 1 aromatic carbocycles. The molecule has 142 valence electrons. The van der Waals surface area contributed by atoms with Gasteiger partial charge in [-0.3, -0.25) is 14.5 Å². The predicted octanol–water partition coefficient (Wildman–Crippen LogP) is 2.27. The van der Waals surface area contributed by atoms with Gasteiger partial charge in [0, 0.05) is 6.42 Å². The van der Waals surface area contributed by atoms with Gasteiger partial charge in [0.1, 0.15) is 12.1 Å². The van der Waals surface area contributed by atoms with Crippen molar-refractivity contribution in [2.24, 2.45) is 5.10 Å². The molecule has 0 aromatic heterocycles. The lowest BCUT2D eigenvalue weighted by Crippen LogP contribution is -2.47. The molecule has 1 spiro atoms. The lowest BCUT2D eigenvalue weighted by atomic mass is 9.90. The molecule has 2 heterocycles. The van der Waals surface area contributed by atoms with E-state index in [2.05, 4.69) is 10.4 Å². The van der Waals surface area contributed by atoms with Crippen molar-refractivity contribution in [2.75, 3.05) is 13.1 Å². The molecular formula is C20H24N4O3. The van der Waals surface area contributed by atoms with Crippen LogP contribution in [0.25, 0.3) is 0 Å². The molecule has 4 rings (SSSR count). The average molecular weight is 368 g/mol. The smallest absolute Gasteiger partial charge is 0.323 e. The van der Waals surface area contributed by atoms with Gasteiger partial charge in [0.05, 0.1) is 12.3 Å². The summed E-state index contributed by atoms with van der Waals surface area (Å²) in [5.74, 6) is -0.579. The number of nitrogens with zero attached hydrogens (tertiary/aromatic N) is 3. The summed E-state index contributed by atoms with van der Waals surface area (Å²) in [6.07, 6.45) is 5.98. The van der Waals surface area contributed by atoms with Crippen molar-refractivity contribution >= 4 is 23.6 Å². The molecule has 0 bridgehead atoms. The van der Waals surface area contributed by atoms with Gasteiger partial charge < -0.3 is 5.32 Å². The second kappa shape index (κ2) is 7.13. The molecule has 1 aliphatic carbocycles. The Morgan fingerprint density at radius 3 is 2.48 bits per heavy atom. The van der Waals surface area contributed by atoms with Gasteiger partial charge in [-0.25, -0.2) is 9.80 Å². The quantitative estimate of drug-likeness (QED) is 0.831. The summed E-state index contributed by atoms with van der Waals surface area (Å²) in [6.45, 7) is 0.218. The SMILES string of the molecule is O=C(CN1C(=O)NC2(CCCCCC2)C1=O)N1CCC(c2ccccc2)=N1. The van der Waals surface area contributed by atoms with E-state index in [1.165, 1.54) is 5.01 Å². The first-order valence-electron chi connectivity index (χ1n) is 9.66. The van der Waals surface area contributed by atoms with E-state index in [1.54, 1.807) is 0 Å². The van der Waals surface area contributed by atoms with E-state index in [0.717, 1.165) is 41.9 Å². The predicted molar refractivity (Wildman–Crippen MR) is 100.0 cm³/mol. The topological polar surface area (TPSA) is 82.1 Å². The molecular weight excluding hydrogens is 344 g/mol. The molecule has 1 N–H and O–H groups in total. The minimum Gasteiger partial charge on any atom is -0.323 e. The molecule has 7 heteroatoms. The summed E-state index contributed by atoms with van der Waals surface area (Å²) in [5.41, 5.74) is 1.03. The van der Waals surface area contributed by atoms with Crippen LogP contribution in [0.3, 0.4) is 0 Å². The average Bonchev–Trinajstić information content (AvgIpc) is 3.16. The van der Waals surface area contributed by atoms with Gasteiger partial charge in [0.25, 0.3) is 11.8 Å². The van der Waals surface area contributed by atoms with E-state index in [9.17, 15) is 14.4 Å². The van der Waals surface area contributed by atoms with E-state index < -0.39 is 11.6 Å². The van der Waals surface area contributed by atoms with E-state index in [1.807, 2.05) is 30.3 Å². The van der Waals surface area contributed by atoms with Gasteiger partial charge >= 0.3 is 6.03 Å². The zero-order valence-electron chi connectivity index (χ0n) is 15.3. The Kier molecular flexibility index (Phi) is 4.68. The summed E-state index contributed by atoms with van der Waals surface area (Å²) in [6, 6.07) is 9.26. The van der Waals surface area contributed by atoms with Gasteiger partial charge in [-0.1, -0.05) is 56.0 Å². The molecule has 27 heavy (non-hydrogen) atoms. The lowest BCUT2D eigenvalue weighted by molar-refractivity contribution is -0.139. The Balaban J connectivity index is 1.44. The Hall–Kier alpha value is -2.70. The fraction of sp³-hybridized carbons (Fsp3) is 0.500. The Morgan fingerprint density at radius 1 is 1.07 bits per heavy atom. The van der Waals surface area contributed by atoms with Crippen molar-refractivity contribution in [1.82, 2.24) is 15.2 Å². The van der Waals surface area contributed by atoms with Crippen LogP contribution in [-0.2, 0) is 9.59 Å². The molecule has 7 nitrogen and oxygen atoms in total. The number of imide groups is 1. The van der Waals surface area contributed by atoms with Crippen molar-refractivity contribution in [3.63, 3.8) is 0 Å². The van der Waals surface area contributed by atoms with Gasteiger partial charge in [-0.15, -0.1) is 0 Å². The van der Waals surface area contributed by atoms with Crippen LogP contribution in [0, 0.1) is 0 Å². The van der Waals surface area contributed by atoms with Crippen LogP contribution < -0.4 is 5.32 Å². The summed E-state index contributed by atoms with van der Waals surface area (Å²) < 4.78 is 0. The zero-order chi connectivity index (χ0) is 18.9. The molecule has 0 atom stereocenters. The van der Waals surface area contributed by atoms with E-state index >= 15 is 0 Å². The summed E-state index contributed by atoms with van der Waals surface area (Å²) >= 11 is 0. The minimum absolute atomic E-state index is 0.252. The highest BCUT2D eigenvalue weighted by Gasteiger charge is 2.51. The zero-order valence-corrected chi connectivity index (χ0v) is 15.3. The highest BCUT2D eigenvalue weighted by molar-refractivity contribution is 6.09. The Morgan fingerprint density at radius 2 is 1.78 bits per heavy atom. The number of urea groups is 1. The van der Waals surface area contributed by atoms with E-state index in [4.69, 9.17) is 0 Å². The van der Waals surface area contributed by atoms with Crippen LogP contribution in [0.5, 0.6) is 0 Å². The first kappa shape index (κ1) is 17.7. The molecule has 1 saturated carbocycles. The number of amides is 4. The lowest BCUT2D eigenvalue weighted by Gasteiger charge is -2.24. The normalized spacial score (nSPS) is 22.0. The molecule has 0 unspecified atom stereocenters. The number of nitrogens with one attached hydrogen (secondary N) is 1. The summed E-state index contributed by atoms with van der Waals surface area (Å²) in [7, 11) is 0. The van der Waals surface area contributed by atoms with Gasteiger partial charge in [0.15, 0.2) is 0 Å². The first-order valence-corrected chi connectivity index (χ1v) is 9.66. The second-order valence-electron chi connectivity index (χ2n) is 7.50. The van der Waals surface area contributed by atoms with Crippen LogP contribution >= 0.6 is 0 Å². The van der Waals surface area contributed by atoms with Crippen LogP contribution in [0.1, 0.15) is 50.5 Å². The van der Waals surface area contributed by atoms with Crippen molar-refractivity contribution in [2.45, 2.75) is 50.5 Å². The fourth-order valence-corrected chi connectivity index (χ4v) is 4.18. The number of carbonyl (C=O) groups is 3. The first-order chi connectivity index (χ1) is 13.1. The number of benzene rings is 1. The standard InChI is InChI=1S/C20H24N4O3/c25-17(24-13-10-16(22-24)15-8-4-3-5-9-15)14-23-18(26)20(21-19(23)27)11-6-1-2-7-12-20/h3-5,8-9H,1-2,6-7,10-14H2,(H,21,27). The highest BCUT2D eigenvalue weighted by Crippen LogP contribution is 2.32. The van der Waals surface area contributed by atoms with Crippen LogP contribution in [0.15, 0.2) is 35.4 Å². The number of carbonyl (C=O) groups excluding carboxylic acids is 3. The number of hydrazone groups is 1. The van der Waals surface area contributed by atoms with Crippen LogP contribution in [0.4, 0.5) is 4.79 Å². The van der Waals surface area contributed by atoms with Crippen molar-refractivity contribution in [3.8, 4) is 0 Å². The third kappa shape index (κ3) is 3.34. The van der Waals surface area contributed by atoms with Gasteiger partial charge in [-0.05, 0) is 18.4 Å². The largest absolute Gasteiger partial charge is 0.325 e. The van der Waals surface area contributed by atoms with Gasteiger partial charge in [-0.2, -0.15) is 5.10 Å². The number of rotatable bonds is 3. The van der Waals surface area contributed by atoms with Crippen molar-refractivity contribution < 1.29 is 14.4 Å². The number of hydrogen-bond acceptors (Lipinski definition) is 4. The molecule has 0 radical (unpaired) electrons. The fourth-order valence-electron chi connectivity index (χ4n) is 4.18. The van der Waals surface area contributed by atoms with Crippen LogP contribution in [0.2, 0.25) is 0 Å². The minimum atomic E-state index is -0.808. The Labute approximate surface area is 158 Å². The summed E-state index contributed by atoms with van der Waals surface area (Å²) in [4.78, 5) is 39.0. The van der Waals surface area contributed by atoms with Crippen molar-refractivity contribution in [3.05, 3.63) is 35.9 Å². The number of hydrogen-bond donors (Lipinski definition) is 1. The third-order valence-electron chi connectivity index (χ3n) is 5.69. The molecule has 4 amide bonds. The Bertz CT molecular complexity index is 782. The molecule has 2 aliphatic heterocycles. The summed E-state index contributed by atoms with van der Waals surface area (Å²) in [5, 5.41) is 8.65. The molecule has 2 fully saturated rings. The third-order valence-corrected chi connectivity index (χ3v) is 5.69. The maximum atomic E-state index is 12.9. The maximum absolute atomic E-state index is 12.9. The van der Waals surface area contributed by atoms with Gasteiger partial charge in [0.2, 0.25) is 0 Å². The monoisotopic (exact) mass is 368 g/mol. The van der Waals surface area contributed by atoms with E-state index in [0.29, 0.717) is 25.8 Å². The molecule has 3 aliphatic rings. The second-order valence-corrected chi connectivity index (χ2v) is 7.50. The maximum Gasteiger partial charge on any atom is 0.325 e.